The maximum Gasteiger partial charge on any atom is 0.159 e. The monoisotopic (exact) mass is 368 g/mol. The fourth-order valence-corrected chi connectivity index (χ4v) is 3.19. The Balaban J connectivity index is 1.79. The molecule has 0 aliphatic carbocycles. The van der Waals surface area contributed by atoms with Crippen molar-refractivity contribution in [2.24, 2.45) is 0 Å². The molecule has 3 heteroatoms. The van der Waals surface area contributed by atoms with E-state index in [4.69, 9.17) is 4.74 Å². The van der Waals surface area contributed by atoms with Crippen LogP contribution in [0.1, 0.15) is 90.0 Å². The number of hydrogen-bond donors (Lipinski definition) is 0. The van der Waals surface area contributed by atoms with Crippen LogP contribution in [0.15, 0.2) is 36.7 Å². The first-order valence-electron chi connectivity index (χ1n) is 10.8. The Morgan fingerprint density at radius 3 is 2.11 bits per heavy atom. The predicted octanol–water partition coefficient (Wildman–Crippen LogP) is 7.18. The second-order valence-corrected chi connectivity index (χ2v) is 7.52. The summed E-state index contributed by atoms with van der Waals surface area (Å²) in [7, 11) is 0. The van der Waals surface area contributed by atoms with Crippen LogP contribution in [0.5, 0.6) is 5.75 Å². The van der Waals surface area contributed by atoms with Crippen molar-refractivity contribution in [3.05, 3.63) is 42.2 Å². The summed E-state index contributed by atoms with van der Waals surface area (Å²) in [6, 6.07) is 8.14. The zero-order chi connectivity index (χ0) is 19.3. The molecule has 0 fully saturated rings. The first kappa shape index (κ1) is 21.4. The fourth-order valence-electron chi connectivity index (χ4n) is 3.19. The Kier molecular flexibility index (Phi) is 9.89. The van der Waals surface area contributed by atoms with E-state index < -0.39 is 0 Å². The highest BCUT2D eigenvalue weighted by atomic mass is 16.5. The molecule has 0 spiro atoms. The van der Waals surface area contributed by atoms with Gasteiger partial charge in [0.2, 0.25) is 0 Å². The largest absolute Gasteiger partial charge is 0.494 e. The third kappa shape index (κ3) is 7.70. The smallest absolute Gasteiger partial charge is 0.159 e. The maximum absolute atomic E-state index is 5.85. The molecule has 0 N–H and O–H groups in total. The van der Waals surface area contributed by atoms with Gasteiger partial charge in [-0.1, -0.05) is 65.7 Å². The molecular formula is C24H36N2O. The molecule has 1 atom stereocenters. The lowest BCUT2D eigenvalue weighted by Crippen LogP contribution is -1.98. The Morgan fingerprint density at radius 1 is 0.815 bits per heavy atom. The summed E-state index contributed by atoms with van der Waals surface area (Å²) < 4.78 is 5.85. The number of rotatable bonds is 13. The molecule has 1 unspecified atom stereocenters. The highest BCUT2D eigenvalue weighted by molar-refractivity contribution is 5.55. The number of hydrogen-bond acceptors (Lipinski definition) is 3. The number of ether oxygens (including phenoxy) is 1. The van der Waals surface area contributed by atoms with Crippen LogP contribution < -0.4 is 4.74 Å². The van der Waals surface area contributed by atoms with Crippen molar-refractivity contribution >= 4 is 0 Å². The van der Waals surface area contributed by atoms with Crippen LogP contribution in [0.4, 0.5) is 0 Å². The molecule has 0 aliphatic heterocycles. The van der Waals surface area contributed by atoms with Crippen LogP contribution in [0.3, 0.4) is 0 Å². The Bertz CT molecular complexity index is 622. The number of aromatic nitrogens is 2. The van der Waals surface area contributed by atoms with Gasteiger partial charge in [-0.2, -0.15) is 0 Å². The Hall–Kier alpha value is -1.90. The van der Waals surface area contributed by atoms with Gasteiger partial charge in [0.25, 0.3) is 0 Å². The second-order valence-electron chi connectivity index (χ2n) is 7.52. The molecule has 0 aliphatic rings. The van der Waals surface area contributed by atoms with E-state index in [-0.39, 0.29) is 0 Å². The summed E-state index contributed by atoms with van der Waals surface area (Å²) in [6.45, 7) is 7.53. The van der Waals surface area contributed by atoms with Gasteiger partial charge < -0.3 is 4.74 Å². The van der Waals surface area contributed by atoms with Gasteiger partial charge in [-0.3, -0.25) is 0 Å². The molecule has 0 bridgehead atoms. The van der Waals surface area contributed by atoms with Gasteiger partial charge in [-0.05, 0) is 48.6 Å². The molecule has 2 aromatic rings. The SMILES string of the molecule is CCCCCCCCOc1ccc(-c2ncc(C(C)CCCC)cn2)cc1. The number of nitrogens with zero attached hydrogens (tertiary/aromatic N) is 2. The van der Waals surface area contributed by atoms with Gasteiger partial charge in [0, 0.05) is 18.0 Å². The van der Waals surface area contributed by atoms with E-state index in [2.05, 4.69) is 30.7 Å². The Morgan fingerprint density at radius 2 is 1.44 bits per heavy atom. The minimum atomic E-state index is 0.525. The maximum atomic E-state index is 5.85. The minimum Gasteiger partial charge on any atom is -0.494 e. The molecule has 0 amide bonds. The molecule has 27 heavy (non-hydrogen) atoms. The van der Waals surface area contributed by atoms with Gasteiger partial charge in [0.05, 0.1) is 6.61 Å². The highest BCUT2D eigenvalue weighted by Crippen LogP contribution is 2.23. The Labute approximate surface area is 165 Å². The van der Waals surface area contributed by atoms with Crippen LogP contribution in [0, 0.1) is 0 Å². The van der Waals surface area contributed by atoms with Crippen molar-refractivity contribution in [2.45, 2.75) is 84.5 Å². The normalized spacial score (nSPS) is 12.1. The predicted molar refractivity (Wildman–Crippen MR) is 114 cm³/mol. The topological polar surface area (TPSA) is 35.0 Å². The lowest BCUT2D eigenvalue weighted by atomic mass is 9.98. The van der Waals surface area contributed by atoms with E-state index in [0.717, 1.165) is 30.2 Å². The van der Waals surface area contributed by atoms with Crippen LogP contribution in [0.25, 0.3) is 11.4 Å². The highest BCUT2D eigenvalue weighted by Gasteiger charge is 2.08. The van der Waals surface area contributed by atoms with Gasteiger partial charge in [0.15, 0.2) is 5.82 Å². The second kappa shape index (κ2) is 12.5. The van der Waals surface area contributed by atoms with Crippen molar-refractivity contribution in [2.75, 3.05) is 6.61 Å². The van der Waals surface area contributed by atoms with E-state index in [9.17, 15) is 0 Å². The lowest BCUT2D eigenvalue weighted by molar-refractivity contribution is 0.304. The lowest BCUT2D eigenvalue weighted by Gasteiger charge is -2.11. The summed E-state index contributed by atoms with van der Waals surface area (Å²) in [6.07, 6.45) is 15.3. The van der Waals surface area contributed by atoms with E-state index in [1.165, 1.54) is 56.9 Å². The molecule has 1 heterocycles. The molecule has 0 saturated heterocycles. The quantitative estimate of drug-likeness (QED) is 0.351. The molecule has 1 aromatic carbocycles. The number of unbranched alkanes of at least 4 members (excludes halogenated alkanes) is 6. The standard InChI is InChI=1S/C24H36N2O/c1-4-6-8-9-10-11-17-27-23-15-13-21(14-16-23)24-25-18-22(19-26-24)20(3)12-7-5-2/h13-16,18-20H,4-12,17H2,1-3H3. The van der Waals surface area contributed by atoms with Gasteiger partial charge in [-0.25, -0.2) is 9.97 Å². The number of benzene rings is 1. The molecular weight excluding hydrogens is 332 g/mol. The first-order valence-corrected chi connectivity index (χ1v) is 10.8. The molecule has 2 rings (SSSR count). The summed E-state index contributed by atoms with van der Waals surface area (Å²) in [5, 5.41) is 0. The zero-order valence-corrected chi connectivity index (χ0v) is 17.4. The van der Waals surface area contributed by atoms with Crippen molar-refractivity contribution < 1.29 is 4.74 Å². The van der Waals surface area contributed by atoms with Crippen molar-refractivity contribution in [1.82, 2.24) is 9.97 Å². The van der Waals surface area contributed by atoms with Crippen LogP contribution in [-0.4, -0.2) is 16.6 Å². The van der Waals surface area contributed by atoms with E-state index >= 15 is 0 Å². The average molecular weight is 369 g/mol. The van der Waals surface area contributed by atoms with Gasteiger partial charge in [0.1, 0.15) is 5.75 Å². The van der Waals surface area contributed by atoms with Crippen LogP contribution >= 0.6 is 0 Å². The van der Waals surface area contributed by atoms with E-state index in [0.29, 0.717) is 5.92 Å². The molecule has 3 nitrogen and oxygen atoms in total. The van der Waals surface area contributed by atoms with Gasteiger partial charge in [-0.15, -0.1) is 0 Å². The van der Waals surface area contributed by atoms with Crippen molar-refractivity contribution in [1.29, 1.82) is 0 Å². The van der Waals surface area contributed by atoms with Gasteiger partial charge >= 0.3 is 0 Å². The van der Waals surface area contributed by atoms with Crippen molar-refractivity contribution in [3.63, 3.8) is 0 Å². The molecule has 1 aromatic heterocycles. The summed E-state index contributed by atoms with van der Waals surface area (Å²) in [4.78, 5) is 9.13. The zero-order valence-electron chi connectivity index (χ0n) is 17.4. The molecule has 0 saturated carbocycles. The van der Waals surface area contributed by atoms with Crippen molar-refractivity contribution in [3.8, 4) is 17.1 Å². The van der Waals surface area contributed by atoms with E-state index in [1.807, 2.05) is 36.7 Å². The summed E-state index contributed by atoms with van der Waals surface area (Å²) in [5.74, 6) is 2.23. The van der Waals surface area contributed by atoms with E-state index in [1.54, 1.807) is 0 Å². The third-order valence-corrected chi connectivity index (χ3v) is 5.11. The van der Waals surface area contributed by atoms with Crippen LogP contribution in [-0.2, 0) is 0 Å². The third-order valence-electron chi connectivity index (χ3n) is 5.11. The fraction of sp³-hybridized carbons (Fsp3) is 0.583. The first-order chi connectivity index (χ1) is 13.2. The summed E-state index contributed by atoms with van der Waals surface area (Å²) in [5.41, 5.74) is 2.26. The average Bonchev–Trinajstić information content (AvgIpc) is 2.72. The summed E-state index contributed by atoms with van der Waals surface area (Å²) >= 11 is 0. The molecule has 0 radical (unpaired) electrons. The molecule has 148 valence electrons. The van der Waals surface area contributed by atoms with Crippen LogP contribution in [0.2, 0.25) is 0 Å². The minimum absolute atomic E-state index is 0.525.